The zero-order valence-electron chi connectivity index (χ0n) is 48.3. The van der Waals surface area contributed by atoms with E-state index in [1.54, 1.807) is 98.2 Å². The van der Waals surface area contributed by atoms with Crippen molar-refractivity contribution in [2.75, 3.05) is 60.7 Å². The van der Waals surface area contributed by atoms with E-state index in [1.165, 1.54) is 74.2 Å². The summed E-state index contributed by atoms with van der Waals surface area (Å²) in [6.45, 7) is 10.7. The Kier molecular flexibility index (Phi) is 26.8. The fourth-order valence-corrected chi connectivity index (χ4v) is 12.1. The maximum absolute atomic E-state index is 13.9. The van der Waals surface area contributed by atoms with E-state index in [0.29, 0.717) is 55.5 Å². The van der Waals surface area contributed by atoms with Crippen LogP contribution in [0.25, 0.3) is 0 Å². The second-order valence-corrected chi connectivity index (χ2v) is 22.6. The largest absolute Gasteiger partial charge is 0.463 e. The van der Waals surface area contributed by atoms with Crippen molar-refractivity contribution in [2.45, 2.75) is 142 Å². The number of nitrogens with zero attached hydrogens (tertiary/aromatic N) is 6. The van der Waals surface area contributed by atoms with E-state index in [4.69, 9.17) is 19.5 Å². The van der Waals surface area contributed by atoms with Gasteiger partial charge >= 0.3 is 24.3 Å². The van der Waals surface area contributed by atoms with Crippen LogP contribution in [0.15, 0.2) is 130 Å². The Morgan fingerprint density at radius 2 is 0.857 bits per heavy atom. The number of ether oxygens (including phenoxy) is 2. The molecule has 0 aliphatic carbocycles. The van der Waals surface area contributed by atoms with Gasteiger partial charge in [0.25, 0.3) is 0 Å². The van der Waals surface area contributed by atoms with Crippen molar-refractivity contribution in [3.05, 3.63) is 153 Å². The SMILES string of the molecule is CCOC(=O)C1=C(C)N(c2cccc(C(F)(F)F)c2)C(SCCCCCNCCCCCCCCCCNCCCCCSC2=NC(c3ccc(C#N)cc3)C(C(=O)OCC)=C(C)N2c2cccc(C(F)(F)F)c2)=NC1c1ccc(C#N)cc1. The Labute approximate surface area is 499 Å². The van der Waals surface area contributed by atoms with Gasteiger partial charge in [-0.25, -0.2) is 19.6 Å². The minimum absolute atomic E-state index is 0.108. The van der Waals surface area contributed by atoms with Gasteiger partial charge in [-0.3, -0.25) is 9.80 Å². The summed E-state index contributed by atoms with van der Waals surface area (Å²) in [5, 5.41) is 26.8. The maximum atomic E-state index is 13.9. The van der Waals surface area contributed by atoms with Crippen LogP contribution in [0.1, 0.15) is 163 Å². The van der Waals surface area contributed by atoms with Crippen molar-refractivity contribution in [1.82, 2.24) is 10.6 Å². The van der Waals surface area contributed by atoms with Gasteiger partial charge in [-0.05, 0) is 164 Å². The summed E-state index contributed by atoms with van der Waals surface area (Å²) >= 11 is 2.88. The Bertz CT molecular complexity index is 2810. The molecule has 0 saturated carbocycles. The molecule has 0 radical (unpaired) electrons. The van der Waals surface area contributed by atoms with Crippen molar-refractivity contribution >= 4 is 57.2 Å². The highest BCUT2D eigenvalue weighted by atomic mass is 32.2. The highest BCUT2D eigenvalue weighted by molar-refractivity contribution is 8.14. The number of aliphatic imine (C=N–C) groups is 2. The van der Waals surface area contributed by atoms with Crippen molar-refractivity contribution in [3.8, 4) is 12.1 Å². The van der Waals surface area contributed by atoms with Crippen LogP contribution in [0.2, 0.25) is 0 Å². The third-order valence-electron chi connectivity index (χ3n) is 14.3. The number of carbonyl (C=O) groups excluding carboxylic acids is 2. The fourth-order valence-electron chi connectivity index (χ4n) is 9.94. The van der Waals surface area contributed by atoms with E-state index in [2.05, 4.69) is 22.8 Å². The number of unbranched alkanes of at least 4 members (excludes halogenated alkanes) is 11. The van der Waals surface area contributed by atoms with Crippen LogP contribution in [0, 0.1) is 22.7 Å². The number of hydrogen-bond acceptors (Lipinski definition) is 14. The molecule has 0 saturated heterocycles. The summed E-state index contributed by atoms with van der Waals surface area (Å²) < 4.78 is 94.3. The van der Waals surface area contributed by atoms with Crippen molar-refractivity contribution in [1.29, 1.82) is 10.5 Å². The van der Waals surface area contributed by atoms with Crippen LogP contribution in [-0.4, -0.2) is 73.2 Å². The molecule has 0 amide bonds. The molecule has 4 aromatic carbocycles. The van der Waals surface area contributed by atoms with Crippen molar-refractivity contribution in [2.24, 2.45) is 9.98 Å². The van der Waals surface area contributed by atoms with Crippen LogP contribution in [0.4, 0.5) is 37.7 Å². The molecule has 2 unspecified atom stereocenters. The molecule has 0 bridgehead atoms. The van der Waals surface area contributed by atoms with Gasteiger partial charge in [0.15, 0.2) is 10.3 Å². The molecule has 20 heteroatoms. The molecule has 0 spiro atoms. The normalized spacial score (nSPS) is 15.6. The number of thioether (sulfide) groups is 2. The smallest absolute Gasteiger partial charge is 0.416 e. The van der Waals surface area contributed by atoms with Gasteiger partial charge < -0.3 is 20.1 Å². The molecule has 0 fully saturated rings. The van der Waals surface area contributed by atoms with E-state index in [0.717, 1.165) is 102 Å². The first-order valence-corrected chi connectivity index (χ1v) is 31.0. The average molecular weight is 1200 g/mol. The summed E-state index contributed by atoms with van der Waals surface area (Å²) in [6.07, 6.45) is 5.90. The Morgan fingerprint density at radius 1 is 0.524 bits per heavy atom. The summed E-state index contributed by atoms with van der Waals surface area (Å²) in [5.41, 5.74) is 2.39. The summed E-state index contributed by atoms with van der Waals surface area (Å²) in [7, 11) is 0. The number of amidine groups is 2. The van der Waals surface area contributed by atoms with E-state index in [-0.39, 0.29) is 35.7 Å². The molecular weight excluding hydrogens is 1120 g/mol. The second kappa shape index (κ2) is 33.8. The highest BCUT2D eigenvalue weighted by Crippen LogP contribution is 2.43. The third-order valence-corrected chi connectivity index (χ3v) is 16.4. The average Bonchev–Trinajstić information content (AvgIpc) is 2.90. The first-order valence-electron chi connectivity index (χ1n) is 29.0. The number of esters is 2. The first-order chi connectivity index (χ1) is 40.5. The molecule has 2 N–H and O–H groups in total. The number of alkyl halides is 6. The predicted molar refractivity (Wildman–Crippen MR) is 324 cm³/mol. The number of carbonyl (C=O) groups is 2. The number of benzene rings is 4. The molecule has 84 heavy (non-hydrogen) atoms. The van der Waals surface area contributed by atoms with Crippen molar-refractivity contribution in [3.63, 3.8) is 0 Å². The van der Waals surface area contributed by atoms with E-state index in [9.17, 15) is 46.5 Å². The quantitative estimate of drug-likeness (QED) is 0.0280. The standard InChI is InChI=1S/C64H76F6N8O4S2/c1-5-81-59(79)55-45(3)77(53-25-21-23-51(41-53)63(65,66)67)61(75-57(55)49-31-27-47(43-71)28-32-49)83-39-19-13-17-37-73-35-15-11-9-7-8-10-12-16-36-74-38-18-14-20-40-84-62-76-58(50-33-29-48(44-72)30-34-50)56(60(80)82-6-2)46(4)78(62)54-26-22-24-52(42-54)64(68,69)70/h21-34,41-42,57-58,73-74H,5-20,35-40H2,1-4H3. The summed E-state index contributed by atoms with van der Waals surface area (Å²) in [4.78, 5) is 40.2. The Balaban J connectivity index is 0.836. The Hall–Kier alpha value is -6.58. The van der Waals surface area contributed by atoms with Crippen LogP contribution in [0.5, 0.6) is 0 Å². The summed E-state index contributed by atoms with van der Waals surface area (Å²) in [6, 6.07) is 26.2. The number of anilines is 2. The maximum Gasteiger partial charge on any atom is 0.416 e. The number of nitrogens with one attached hydrogen (secondary N) is 2. The lowest BCUT2D eigenvalue weighted by Gasteiger charge is -2.35. The zero-order valence-corrected chi connectivity index (χ0v) is 50.0. The van der Waals surface area contributed by atoms with Gasteiger partial charge in [-0.2, -0.15) is 36.9 Å². The van der Waals surface area contributed by atoms with Crippen LogP contribution in [-0.2, 0) is 31.4 Å². The van der Waals surface area contributed by atoms with E-state index < -0.39 is 47.5 Å². The first kappa shape index (κ1) is 66.6. The predicted octanol–water partition coefficient (Wildman–Crippen LogP) is 15.8. The van der Waals surface area contributed by atoms with Gasteiger partial charge in [0.2, 0.25) is 0 Å². The van der Waals surface area contributed by atoms with E-state index in [1.807, 2.05) is 0 Å². The van der Waals surface area contributed by atoms with Crippen molar-refractivity contribution < 1.29 is 45.4 Å². The van der Waals surface area contributed by atoms with E-state index >= 15 is 0 Å². The van der Waals surface area contributed by atoms with Gasteiger partial charge in [0.1, 0.15) is 12.1 Å². The second-order valence-electron chi connectivity index (χ2n) is 20.4. The number of allylic oxidation sites excluding steroid dienone is 2. The zero-order chi connectivity index (χ0) is 60.5. The lowest BCUT2D eigenvalue weighted by atomic mass is 9.95. The highest BCUT2D eigenvalue weighted by Gasteiger charge is 2.39. The molecule has 12 nitrogen and oxygen atoms in total. The molecular formula is C64H76F6N8O4S2. The van der Waals surface area contributed by atoms with Gasteiger partial charge in [-0.1, -0.05) is 111 Å². The molecule has 4 aromatic rings. The molecule has 2 aliphatic rings. The minimum atomic E-state index is -4.56. The third kappa shape index (κ3) is 19.5. The molecule has 2 heterocycles. The number of nitriles is 2. The van der Waals surface area contributed by atoms with Gasteiger partial charge in [0.05, 0.1) is 58.8 Å². The van der Waals surface area contributed by atoms with Gasteiger partial charge in [0, 0.05) is 34.3 Å². The Morgan fingerprint density at radius 3 is 1.18 bits per heavy atom. The number of hydrogen-bond donors (Lipinski definition) is 2. The van der Waals surface area contributed by atoms with Crippen LogP contribution in [0.3, 0.4) is 0 Å². The number of rotatable bonds is 31. The molecule has 2 aliphatic heterocycles. The number of halogens is 6. The molecule has 450 valence electrons. The lowest BCUT2D eigenvalue weighted by Crippen LogP contribution is -2.35. The monoisotopic (exact) mass is 1200 g/mol. The van der Waals surface area contributed by atoms with Crippen LogP contribution < -0.4 is 20.4 Å². The molecule has 2 atom stereocenters. The molecule has 6 rings (SSSR count). The minimum Gasteiger partial charge on any atom is -0.463 e. The fraction of sp³-hybridized carbons (Fsp3) is 0.469. The molecule has 0 aromatic heterocycles. The van der Waals surface area contributed by atoms with Crippen LogP contribution >= 0.6 is 23.5 Å². The van der Waals surface area contributed by atoms with Gasteiger partial charge in [-0.15, -0.1) is 0 Å². The summed E-state index contributed by atoms with van der Waals surface area (Å²) in [5.74, 6) is 0.121. The topological polar surface area (TPSA) is 155 Å². The lowest BCUT2D eigenvalue weighted by molar-refractivity contribution is -0.139.